The van der Waals surface area contributed by atoms with E-state index in [4.69, 9.17) is 11.6 Å². The van der Waals surface area contributed by atoms with Gasteiger partial charge in [-0.1, -0.05) is 29.8 Å². The summed E-state index contributed by atoms with van der Waals surface area (Å²) >= 11 is 7.48. The average Bonchev–Trinajstić information content (AvgIpc) is 2.67. The SMILES string of the molecule is CN(CCCC(=O)NCCSc1ccc(Cl)cc1)S(=O)(=O)c1ccccc1. The Hall–Kier alpha value is -1.54. The maximum Gasteiger partial charge on any atom is 0.242 e. The summed E-state index contributed by atoms with van der Waals surface area (Å²) in [6.07, 6.45) is 0.763. The number of rotatable bonds is 10. The van der Waals surface area contributed by atoms with Gasteiger partial charge in [-0.05, 0) is 42.8 Å². The Balaban J connectivity index is 1.64. The number of halogens is 1. The Morgan fingerprint density at radius 1 is 1.11 bits per heavy atom. The summed E-state index contributed by atoms with van der Waals surface area (Å²) in [4.78, 5) is 13.3. The second kappa shape index (κ2) is 10.7. The quantitative estimate of drug-likeness (QED) is 0.465. The van der Waals surface area contributed by atoms with E-state index in [2.05, 4.69) is 5.32 Å². The molecule has 2 aromatic rings. The van der Waals surface area contributed by atoms with E-state index in [-0.39, 0.29) is 10.8 Å². The molecule has 0 radical (unpaired) electrons. The highest BCUT2D eigenvalue weighted by molar-refractivity contribution is 7.99. The first kappa shape index (κ1) is 21.8. The third-order valence-corrected chi connectivity index (χ3v) is 6.97. The van der Waals surface area contributed by atoms with Crippen LogP contribution in [0.3, 0.4) is 0 Å². The molecule has 8 heteroatoms. The molecule has 0 spiro atoms. The van der Waals surface area contributed by atoms with E-state index < -0.39 is 10.0 Å². The van der Waals surface area contributed by atoms with Gasteiger partial charge in [0.05, 0.1) is 4.90 Å². The number of hydrogen-bond donors (Lipinski definition) is 1. The van der Waals surface area contributed by atoms with Gasteiger partial charge >= 0.3 is 0 Å². The molecule has 0 unspecified atom stereocenters. The van der Waals surface area contributed by atoms with Crippen LogP contribution in [0.5, 0.6) is 0 Å². The third kappa shape index (κ3) is 7.18. The van der Waals surface area contributed by atoms with Gasteiger partial charge < -0.3 is 5.32 Å². The number of amides is 1. The molecule has 1 N–H and O–H groups in total. The number of carbonyl (C=O) groups is 1. The van der Waals surface area contributed by atoms with Crippen LogP contribution >= 0.6 is 23.4 Å². The van der Waals surface area contributed by atoms with Crippen molar-refractivity contribution in [1.29, 1.82) is 0 Å². The lowest BCUT2D eigenvalue weighted by Gasteiger charge is -2.17. The lowest BCUT2D eigenvalue weighted by atomic mass is 10.3. The molecular formula is C19H23ClN2O3S2. The zero-order valence-electron chi connectivity index (χ0n) is 15.1. The standard InChI is InChI=1S/C19H23ClN2O3S2/c1-22(27(24,25)18-6-3-2-4-7-18)14-5-8-19(23)21-13-15-26-17-11-9-16(20)10-12-17/h2-4,6-7,9-12H,5,8,13-15H2,1H3,(H,21,23). The molecule has 5 nitrogen and oxygen atoms in total. The molecule has 146 valence electrons. The number of hydrogen-bond acceptors (Lipinski definition) is 4. The molecule has 27 heavy (non-hydrogen) atoms. The number of thioether (sulfide) groups is 1. The number of sulfonamides is 1. The Kier molecular flexibility index (Phi) is 8.63. The van der Waals surface area contributed by atoms with Crippen LogP contribution in [0.2, 0.25) is 5.02 Å². The van der Waals surface area contributed by atoms with Crippen LogP contribution in [0.1, 0.15) is 12.8 Å². The average molecular weight is 427 g/mol. The van der Waals surface area contributed by atoms with Gasteiger partial charge in [-0.3, -0.25) is 4.79 Å². The zero-order valence-corrected chi connectivity index (χ0v) is 17.5. The lowest BCUT2D eigenvalue weighted by Crippen LogP contribution is -2.30. The lowest BCUT2D eigenvalue weighted by molar-refractivity contribution is -0.121. The predicted molar refractivity (Wildman–Crippen MR) is 111 cm³/mol. The van der Waals surface area contributed by atoms with Crippen molar-refractivity contribution >= 4 is 39.3 Å². The first-order valence-electron chi connectivity index (χ1n) is 8.56. The second-order valence-electron chi connectivity index (χ2n) is 5.90. The molecular weight excluding hydrogens is 404 g/mol. The van der Waals surface area contributed by atoms with Crippen LogP contribution in [-0.2, 0) is 14.8 Å². The fourth-order valence-corrected chi connectivity index (χ4v) is 4.46. The molecule has 0 atom stereocenters. The van der Waals surface area contributed by atoms with E-state index >= 15 is 0 Å². The molecule has 2 rings (SSSR count). The van der Waals surface area contributed by atoms with Crippen LogP contribution in [0, 0.1) is 0 Å². The third-order valence-electron chi connectivity index (χ3n) is 3.83. The Bertz CT molecular complexity index is 828. The zero-order chi connectivity index (χ0) is 19.7. The van der Waals surface area contributed by atoms with E-state index in [0.717, 1.165) is 10.6 Å². The van der Waals surface area contributed by atoms with Gasteiger partial charge in [-0.2, -0.15) is 0 Å². The molecule has 0 aliphatic rings. The summed E-state index contributed by atoms with van der Waals surface area (Å²) in [6, 6.07) is 15.8. The van der Waals surface area contributed by atoms with Gasteiger partial charge in [0.15, 0.2) is 0 Å². The molecule has 2 aromatic carbocycles. The Morgan fingerprint density at radius 2 is 1.78 bits per heavy atom. The first-order chi connectivity index (χ1) is 12.9. The minimum atomic E-state index is -3.50. The Morgan fingerprint density at radius 3 is 2.44 bits per heavy atom. The number of carbonyl (C=O) groups excluding carboxylic acids is 1. The summed E-state index contributed by atoms with van der Waals surface area (Å²) in [5.74, 6) is 0.688. The van der Waals surface area contributed by atoms with Crippen molar-refractivity contribution in [2.45, 2.75) is 22.6 Å². The molecule has 0 bridgehead atoms. The molecule has 0 aliphatic heterocycles. The van der Waals surface area contributed by atoms with Gasteiger partial charge in [0, 0.05) is 42.2 Å². The summed E-state index contributed by atoms with van der Waals surface area (Å²) in [6.45, 7) is 0.856. The van der Waals surface area contributed by atoms with Gasteiger partial charge in [0.2, 0.25) is 15.9 Å². The molecule has 0 saturated heterocycles. The highest BCUT2D eigenvalue weighted by atomic mass is 35.5. The molecule has 0 saturated carbocycles. The largest absolute Gasteiger partial charge is 0.355 e. The van der Waals surface area contributed by atoms with Crippen LogP contribution in [0.15, 0.2) is 64.4 Å². The van der Waals surface area contributed by atoms with Crippen LogP contribution in [-0.4, -0.2) is 44.5 Å². The summed E-state index contributed by atoms with van der Waals surface area (Å²) in [7, 11) is -1.97. The topological polar surface area (TPSA) is 66.5 Å². The van der Waals surface area contributed by atoms with E-state index in [0.29, 0.717) is 31.0 Å². The number of nitrogens with zero attached hydrogens (tertiary/aromatic N) is 1. The number of benzene rings is 2. The minimum Gasteiger partial charge on any atom is -0.355 e. The van der Waals surface area contributed by atoms with E-state index in [1.54, 1.807) is 42.1 Å². The molecule has 0 fully saturated rings. The maximum absolute atomic E-state index is 12.4. The number of nitrogens with one attached hydrogen (secondary N) is 1. The fourth-order valence-electron chi connectivity index (χ4n) is 2.33. The van der Waals surface area contributed by atoms with Crippen LogP contribution < -0.4 is 5.32 Å². The molecule has 1 amide bonds. The molecule has 0 aliphatic carbocycles. The molecule has 0 aromatic heterocycles. The van der Waals surface area contributed by atoms with E-state index in [9.17, 15) is 13.2 Å². The van der Waals surface area contributed by atoms with Crippen molar-refractivity contribution < 1.29 is 13.2 Å². The second-order valence-corrected chi connectivity index (χ2v) is 9.55. The van der Waals surface area contributed by atoms with Gasteiger partial charge in [0.1, 0.15) is 0 Å². The van der Waals surface area contributed by atoms with Gasteiger partial charge in [-0.15, -0.1) is 11.8 Å². The maximum atomic E-state index is 12.4. The molecule has 0 heterocycles. The Labute approximate surface area is 170 Å². The summed E-state index contributed by atoms with van der Waals surface area (Å²) in [5.41, 5.74) is 0. The predicted octanol–water partition coefficient (Wildman–Crippen LogP) is 3.65. The van der Waals surface area contributed by atoms with Crippen molar-refractivity contribution in [3.63, 3.8) is 0 Å². The highest BCUT2D eigenvalue weighted by Gasteiger charge is 2.19. The monoisotopic (exact) mass is 426 g/mol. The van der Waals surface area contributed by atoms with Gasteiger partial charge in [-0.25, -0.2) is 12.7 Å². The minimum absolute atomic E-state index is 0.0720. The van der Waals surface area contributed by atoms with E-state index in [1.165, 1.54) is 11.4 Å². The fraction of sp³-hybridized carbons (Fsp3) is 0.316. The first-order valence-corrected chi connectivity index (χ1v) is 11.4. The van der Waals surface area contributed by atoms with Crippen molar-refractivity contribution in [1.82, 2.24) is 9.62 Å². The van der Waals surface area contributed by atoms with Crippen molar-refractivity contribution in [3.05, 3.63) is 59.6 Å². The summed E-state index contributed by atoms with van der Waals surface area (Å²) < 4.78 is 26.1. The summed E-state index contributed by atoms with van der Waals surface area (Å²) in [5, 5.41) is 3.56. The highest BCUT2D eigenvalue weighted by Crippen LogP contribution is 2.19. The van der Waals surface area contributed by atoms with Crippen molar-refractivity contribution in [2.24, 2.45) is 0 Å². The smallest absolute Gasteiger partial charge is 0.242 e. The van der Waals surface area contributed by atoms with Crippen LogP contribution in [0.25, 0.3) is 0 Å². The van der Waals surface area contributed by atoms with Crippen LogP contribution in [0.4, 0.5) is 0 Å². The van der Waals surface area contributed by atoms with Crippen molar-refractivity contribution in [2.75, 3.05) is 25.9 Å². The normalized spacial score (nSPS) is 11.5. The van der Waals surface area contributed by atoms with E-state index in [1.807, 2.05) is 24.3 Å². The van der Waals surface area contributed by atoms with Crippen molar-refractivity contribution in [3.8, 4) is 0 Å². The van der Waals surface area contributed by atoms with Gasteiger partial charge in [0.25, 0.3) is 0 Å².